The van der Waals surface area contributed by atoms with Crippen LogP contribution in [0.15, 0.2) is 30.7 Å². The van der Waals surface area contributed by atoms with Crippen LogP contribution in [0.4, 0.5) is 0 Å². The third kappa shape index (κ3) is 3.74. The van der Waals surface area contributed by atoms with Gasteiger partial charge in [0.25, 0.3) is 0 Å². The quantitative estimate of drug-likeness (QED) is 0.758. The van der Waals surface area contributed by atoms with E-state index in [1.165, 1.54) is 12.0 Å². The molecule has 18 heavy (non-hydrogen) atoms. The number of aromatic nitrogens is 3. The largest absolute Gasteiger partial charge is 0.354 e. The molecule has 4 nitrogen and oxygen atoms in total. The molecular weight excluding hydrogens is 224 g/mol. The lowest BCUT2D eigenvalue weighted by Crippen LogP contribution is -2.16. The molecule has 0 amide bonds. The van der Waals surface area contributed by atoms with Gasteiger partial charge in [-0.1, -0.05) is 6.92 Å². The number of aryl methyl sites for hydroxylation is 2. The molecule has 2 aromatic rings. The minimum Gasteiger partial charge on any atom is -0.354 e. The van der Waals surface area contributed by atoms with Crippen LogP contribution in [0.5, 0.6) is 0 Å². The smallest absolute Gasteiger partial charge is 0.0637 e. The Bertz CT molecular complexity index is 470. The van der Waals surface area contributed by atoms with Gasteiger partial charge < -0.3 is 9.88 Å². The fourth-order valence-corrected chi connectivity index (χ4v) is 2.04. The third-order valence-electron chi connectivity index (χ3n) is 2.95. The summed E-state index contributed by atoms with van der Waals surface area (Å²) in [4.78, 5) is 0. The highest BCUT2D eigenvalue weighted by Gasteiger charge is 1.98. The molecule has 2 aromatic heterocycles. The molecule has 0 radical (unpaired) electrons. The van der Waals surface area contributed by atoms with Crippen molar-refractivity contribution >= 4 is 0 Å². The van der Waals surface area contributed by atoms with Crippen molar-refractivity contribution in [3.8, 4) is 0 Å². The summed E-state index contributed by atoms with van der Waals surface area (Å²) in [6.07, 6.45) is 8.52. The van der Waals surface area contributed by atoms with Crippen LogP contribution < -0.4 is 5.32 Å². The Balaban J connectivity index is 1.68. The third-order valence-corrected chi connectivity index (χ3v) is 2.95. The van der Waals surface area contributed by atoms with E-state index in [9.17, 15) is 0 Å². The van der Waals surface area contributed by atoms with Crippen LogP contribution in [0.3, 0.4) is 0 Å². The maximum Gasteiger partial charge on any atom is 0.0637 e. The molecule has 98 valence electrons. The van der Waals surface area contributed by atoms with Crippen LogP contribution >= 0.6 is 0 Å². The topological polar surface area (TPSA) is 34.8 Å². The van der Waals surface area contributed by atoms with Crippen LogP contribution in [0.25, 0.3) is 0 Å². The number of hydrogen-bond acceptors (Lipinski definition) is 2. The second-order valence-corrected chi connectivity index (χ2v) is 4.67. The minimum absolute atomic E-state index is 0.934. The van der Waals surface area contributed by atoms with Gasteiger partial charge in [0.2, 0.25) is 0 Å². The highest BCUT2D eigenvalue weighted by molar-refractivity contribution is 5.10. The maximum atomic E-state index is 4.36. The summed E-state index contributed by atoms with van der Waals surface area (Å²) in [5.74, 6) is 0. The molecule has 4 heteroatoms. The van der Waals surface area contributed by atoms with Crippen molar-refractivity contribution in [1.82, 2.24) is 19.7 Å². The van der Waals surface area contributed by atoms with Gasteiger partial charge in [0.1, 0.15) is 0 Å². The van der Waals surface area contributed by atoms with Crippen LogP contribution in [0, 0.1) is 0 Å². The molecule has 0 fully saturated rings. The molecule has 0 aromatic carbocycles. The van der Waals surface area contributed by atoms with Gasteiger partial charge in [-0.05, 0) is 24.1 Å². The van der Waals surface area contributed by atoms with E-state index in [2.05, 4.69) is 46.4 Å². The molecule has 0 spiro atoms. The second-order valence-electron chi connectivity index (χ2n) is 4.67. The summed E-state index contributed by atoms with van der Waals surface area (Å²) in [5, 5.41) is 7.81. The maximum absolute atomic E-state index is 4.36. The zero-order valence-electron chi connectivity index (χ0n) is 11.3. The summed E-state index contributed by atoms with van der Waals surface area (Å²) in [6, 6.07) is 4.25. The zero-order valence-corrected chi connectivity index (χ0v) is 11.3. The highest BCUT2D eigenvalue weighted by atomic mass is 15.2. The zero-order chi connectivity index (χ0) is 12.8. The van der Waals surface area contributed by atoms with Gasteiger partial charge in [-0.2, -0.15) is 5.10 Å². The number of nitrogens with one attached hydrogen (secondary N) is 1. The van der Waals surface area contributed by atoms with Crippen LogP contribution in [0.2, 0.25) is 0 Å². The van der Waals surface area contributed by atoms with E-state index in [1.54, 1.807) is 0 Å². The Labute approximate surface area is 109 Å². The lowest BCUT2D eigenvalue weighted by atomic mass is 10.3. The van der Waals surface area contributed by atoms with Crippen molar-refractivity contribution < 1.29 is 0 Å². The van der Waals surface area contributed by atoms with E-state index in [1.807, 2.05) is 17.9 Å². The van der Waals surface area contributed by atoms with Gasteiger partial charge in [-0.3, -0.25) is 4.68 Å². The summed E-state index contributed by atoms with van der Waals surface area (Å²) in [5.41, 5.74) is 2.50. The van der Waals surface area contributed by atoms with E-state index < -0.39 is 0 Å². The van der Waals surface area contributed by atoms with Crippen molar-refractivity contribution in [3.05, 3.63) is 42.0 Å². The highest BCUT2D eigenvalue weighted by Crippen LogP contribution is 2.02. The van der Waals surface area contributed by atoms with Crippen LogP contribution in [-0.2, 0) is 26.6 Å². The molecule has 0 aliphatic carbocycles. The molecule has 0 aliphatic rings. The molecule has 0 saturated carbocycles. The van der Waals surface area contributed by atoms with Gasteiger partial charge in [-0.25, -0.2) is 0 Å². The average molecular weight is 246 g/mol. The van der Waals surface area contributed by atoms with E-state index in [-0.39, 0.29) is 0 Å². The molecule has 0 aliphatic heterocycles. The van der Waals surface area contributed by atoms with Crippen molar-refractivity contribution in [1.29, 1.82) is 0 Å². The van der Waals surface area contributed by atoms with Gasteiger partial charge in [-0.15, -0.1) is 0 Å². The number of hydrogen-bond donors (Lipinski definition) is 1. The molecule has 0 unspecified atom stereocenters. The molecular formula is C14H22N4. The van der Waals surface area contributed by atoms with Crippen LogP contribution in [-0.4, -0.2) is 20.9 Å². The Morgan fingerprint density at radius 3 is 2.89 bits per heavy atom. The van der Waals surface area contributed by atoms with E-state index in [4.69, 9.17) is 0 Å². The Hall–Kier alpha value is -1.55. The molecule has 2 rings (SSSR count). The Morgan fingerprint density at radius 1 is 1.28 bits per heavy atom. The number of nitrogens with zero attached hydrogens (tertiary/aromatic N) is 3. The van der Waals surface area contributed by atoms with Crippen molar-refractivity contribution in [3.63, 3.8) is 0 Å². The van der Waals surface area contributed by atoms with Crippen molar-refractivity contribution in [2.45, 2.75) is 32.9 Å². The second kappa shape index (κ2) is 6.40. The fourth-order valence-electron chi connectivity index (χ4n) is 2.04. The summed E-state index contributed by atoms with van der Waals surface area (Å²) >= 11 is 0. The monoisotopic (exact) mass is 246 g/mol. The SMILES string of the molecule is CCCn1ccc(CNCCc2ccn(C)n2)c1. The molecule has 1 N–H and O–H groups in total. The van der Waals surface area contributed by atoms with Gasteiger partial charge in [0.05, 0.1) is 5.69 Å². The van der Waals surface area contributed by atoms with Gasteiger partial charge in [0.15, 0.2) is 0 Å². The fraction of sp³-hybridized carbons (Fsp3) is 0.500. The van der Waals surface area contributed by atoms with Crippen molar-refractivity contribution in [2.24, 2.45) is 7.05 Å². The lowest BCUT2D eigenvalue weighted by molar-refractivity contribution is 0.656. The predicted molar refractivity (Wildman–Crippen MR) is 73.3 cm³/mol. The summed E-state index contributed by atoms with van der Waals surface area (Å²) in [6.45, 7) is 5.21. The molecule has 0 bridgehead atoms. The lowest BCUT2D eigenvalue weighted by Gasteiger charge is -2.02. The first-order chi connectivity index (χ1) is 8.78. The Morgan fingerprint density at radius 2 is 2.17 bits per heavy atom. The van der Waals surface area contributed by atoms with E-state index >= 15 is 0 Å². The first-order valence-corrected chi connectivity index (χ1v) is 6.62. The van der Waals surface area contributed by atoms with E-state index in [0.29, 0.717) is 0 Å². The van der Waals surface area contributed by atoms with Crippen molar-refractivity contribution in [2.75, 3.05) is 6.54 Å². The predicted octanol–water partition coefficient (Wildman–Crippen LogP) is 1.96. The number of rotatable bonds is 7. The molecule has 0 atom stereocenters. The summed E-state index contributed by atoms with van der Waals surface area (Å²) in [7, 11) is 1.95. The van der Waals surface area contributed by atoms with Gasteiger partial charge >= 0.3 is 0 Å². The molecule has 0 saturated heterocycles. The van der Waals surface area contributed by atoms with Gasteiger partial charge in [0, 0.05) is 51.7 Å². The van der Waals surface area contributed by atoms with E-state index in [0.717, 1.165) is 31.7 Å². The standard InChI is InChI=1S/C14H22N4/c1-3-8-18-10-5-13(12-18)11-15-7-4-14-6-9-17(2)16-14/h5-6,9-10,12,15H,3-4,7-8,11H2,1-2H3. The normalized spacial score (nSPS) is 11.0. The first kappa shape index (κ1) is 12.9. The first-order valence-electron chi connectivity index (χ1n) is 6.62. The molecule has 2 heterocycles. The summed E-state index contributed by atoms with van der Waals surface area (Å²) < 4.78 is 4.09. The van der Waals surface area contributed by atoms with Crippen LogP contribution in [0.1, 0.15) is 24.6 Å². The average Bonchev–Trinajstić information content (AvgIpc) is 2.95. The minimum atomic E-state index is 0.934. The Kier molecular flexibility index (Phi) is 4.59.